The average molecular weight is 399 g/mol. The number of likely N-dealkylation sites (N-methyl/N-ethyl adjacent to an activating group) is 1. The zero-order valence-electron chi connectivity index (χ0n) is 18.7. The van der Waals surface area contributed by atoms with Gasteiger partial charge in [0.15, 0.2) is 0 Å². The highest BCUT2D eigenvalue weighted by Crippen LogP contribution is 2.20. The minimum Gasteiger partial charge on any atom is -0.513 e. The summed E-state index contributed by atoms with van der Waals surface area (Å²) < 4.78 is 1.87. The molecule has 0 saturated carbocycles. The number of aliphatic hydroxyl groups is 1. The molecule has 0 bridgehead atoms. The van der Waals surface area contributed by atoms with Gasteiger partial charge < -0.3 is 15.3 Å². The molecule has 0 radical (unpaired) electrons. The fourth-order valence-corrected chi connectivity index (χ4v) is 3.27. The highest BCUT2D eigenvalue weighted by molar-refractivity contribution is 5.30. The van der Waals surface area contributed by atoms with Crippen molar-refractivity contribution in [1.82, 2.24) is 20.0 Å². The number of rotatable bonds is 10. The molecule has 1 unspecified atom stereocenters. The van der Waals surface area contributed by atoms with Gasteiger partial charge in [-0.2, -0.15) is 5.10 Å². The van der Waals surface area contributed by atoms with Gasteiger partial charge in [0, 0.05) is 25.8 Å². The zero-order chi connectivity index (χ0) is 21.6. The maximum absolute atomic E-state index is 9.19. The Balaban J connectivity index is 0.000000304. The Bertz CT molecular complexity index is 736. The van der Waals surface area contributed by atoms with E-state index in [-0.39, 0.29) is 0 Å². The Morgan fingerprint density at radius 3 is 2.38 bits per heavy atom. The second-order valence-electron chi connectivity index (χ2n) is 7.08. The van der Waals surface area contributed by atoms with Gasteiger partial charge in [-0.1, -0.05) is 52.0 Å². The maximum Gasteiger partial charge on any atom is 0.104 e. The SMILES string of the molecule is C=C(/C(=C/O)NC)N(CCC)C(CC)CCC.Cc1cnn(-c2ccccc2)c1. The van der Waals surface area contributed by atoms with Gasteiger partial charge in [0.25, 0.3) is 0 Å². The van der Waals surface area contributed by atoms with E-state index in [1.54, 1.807) is 7.05 Å². The van der Waals surface area contributed by atoms with E-state index in [0.717, 1.165) is 43.5 Å². The van der Waals surface area contributed by atoms with E-state index < -0.39 is 0 Å². The van der Waals surface area contributed by atoms with E-state index in [1.807, 2.05) is 54.3 Å². The van der Waals surface area contributed by atoms with Gasteiger partial charge in [0.05, 0.1) is 23.3 Å². The predicted octanol–water partition coefficient (Wildman–Crippen LogP) is 5.59. The first-order valence-electron chi connectivity index (χ1n) is 10.6. The Morgan fingerprint density at radius 1 is 1.24 bits per heavy atom. The second kappa shape index (κ2) is 13.5. The van der Waals surface area contributed by atoms with Gasteiger partial charge in [-0.05, 0) is 43.9 Å². The summed E-state index contributed by atoms with van der Waals surface area (Å²) in [5, 5.41) is 16.4. The third kappa shape index (κ3) is 7.68. The second-order valence-corrected chi connectivity index (χ2v) is 7.08. The van der Waals surface area contributed by atoms with Crippen molar-refractivity contribution in [2.75, 3.05) is 13.6 Å². The number of nitrogens with one attached hydrogen (secondary N) is 1. The van der Waals surface area contributed by atoms with Crippen molar-refractivity contribution in [2.45, 2.75) is 59.4 Å². The number of para-hydroxylation sites is 1. The predicted molar refractivity (Wildman–Crippen MR) is 123 cm³/mol. The first kappa shape index (κ1) is 24.3. The van der Waals surface area contributed by atoms with Crippen LogP contribution in [0.1, 0.15) is 52.0 Å². The molecule has 0 aliphatic carbocycles. The lowest BCUT2D eigenvalue weighted by atomic mass is 10.1. The van der Waals surface area contributed by atoms with Crippen LogP contribution in [-0.4, -0.2) is 39.4 Å². The number of aryl methyl sites for hydroxylation is 1. The molecule has 5 nitrogen and oxygen atoms in total. The van der Waals surface area contributed by atoms with Crippen LogP contribution in [0.25, 0.3) is 5.69 Å². The van der Waals surface area contributed by atoms with Crippen molar-refractivity contribution in [3.8, 4) is 5.69 Å². The van der Waals surface area contributed by atoms with Crippen molar-refractivity contribution >= 4 is 0 Å². The van der Waals surface area contributed by atoms with Crippen LogP contribution in [0.2, 0.25) is 0 Å². The van der Waals surface area contributed by atoms with Gasteiger partial charge in [0.2, 0.25) is 0 Å². The number of benzene rings is 1. The van der Waals surface area contributed by atoms with Crippen molar-refractivity contribution in [3.63, 3.8) is 0 Å². The summed E-state index contributed by atoms with van der Waals surface area (Å²) >= 11 is 0. The van der Waals surface area contributed by atoms with Crippen LogP contribution in [0.3, 0.4) is 0 Å². The van der Waals surface area contributed by atoms with Crippen LogP contribution in [0.15, 0.2) is 67.0 Å². The van der Waals surface area contributed by atoms with Gasteiger partial charge in [-0.3, -0.25) is 0 Å². The normalized spacial score (nSPS) is 12.0. The van der Waals surface area contributed by atoms with Crippen molar-refractivity contribution in [3.05, 3.63) is 72.5 Å². The lowest BCUT2D eigenvalue weighted by Crippen LogP contribution is -2.36. The molecule has 1 atom stereocenters. The van der Waals surface area contributed by atoms with Gasteiger partial charge in [-0.25, -0.2) is 4.68 Å². The van der Waals surface area contributed by atoms with Crippen LogP contribution >= 0.6 is 0 Å². The van der Waals surface area contributed by atoms with Gasteiger partial charge in [-0.15, -0.1) is 0 Å². The minimum atomic E-state index is 0.510. The first-order chi connectivity index (χ1) is 14.0. The van der Waals surface area contributed by atoms with Crippen LogP contribution in [0.4, 0.5) is 0 Å². The molecule has 0 spiro atoms. The van der Waals surface area contributed by atoms with Gasteiger partial charge in [0.1, 0.15) is 6.26 Å². The van der Waals surface area contributed by atoms with Crippen molar-refractivity contribution < 1.29 is 5.11 Å². The van der Waals surface area contributed by atoms with Crippen LogP contribution in [0, 0.1) is 6.92 Å². The summed E-state index contributed by atoms with van der Waals surface area (Å²) in [6.07, 6.45) is 9.49. The summed E-state index contributed by atoms with van der Waals surface area (Å²) in [6.45, 7) is 13.7. The summed E-state index contributed by atoms with van der Waals surface area (Å²) in [6, 6.07) is 10.6. The van der Waals surface area contributed by atoms with Crippen molar-refractivity contribution in [2.24, 2.45) is 0 Å². The third-order valence-corrected chi connectivity index (χ3v) is 4.79. The molecule has 1 aromatic heterocycles. The standard InChI is InChI=1S/C14H28N2O.C10H10N2/c1-6-9-13(8-3)16(10-7-2)12(4)14(11-17)15-5;1-9-7-11-12(8-9)10-5-3-2-4-6-10/h11,13,15,17H,4,6-10H2,1-3,5H3;2-8H,1H3/b14-11-;. The molecule has 1 aromatic carbocycles. The Kier molecular flexibility index (Phi) is 11.3. The average Bonchev–Trinajstić information content (AvgIpc) is 3.19. The molecular formula is C24H38N4O. The summed E-state index contributed by atoms with van der Waals surface area (Å²) in [5.41, 5.74) is 3.87. The van der Waals surface area contributed by atoms with Crippen LogP contribution in [0.5, 0.6) is 0 Å². The number of nitrogens with zero attached hydrogens (tertiary/aromatic N) is 3. The summed E-state index contributed by atoms with van der Waals surface area (Å²) in [5.74, 6) is 0. The molecule has 0 aliphatic rings. The molecule has 0 amide bonds. The van der Waals surface area contributed by atoms with E-state index in [2.05, 4.69) is 42.7 Å². The lowest BCUT2D eigenvalue weighted by Gasteiger charge is -2.35. The lowest BCUT2D eigenvalue weighted by molar-refractivity contribution is 0.234. The van der Waals surface area contributed by atoms with Gasteiger partial charge >= 0.3 is 0 Å². The molecular weight excluding hydrogens is 360 g/mol. The molecule has 29 heavy (non-hydrogen) atoms. The third-order valence-electron chi connectivity index (χ3n) is 4.79. The largest absolute Gasteiger partial charge is 0.513 e. The highest BCUT2D eigenvalue weighted by Gasteiger charge is 2.18. The molecule has 0 fully saturated rings. The highest BCUT2D eigenvalue weighted by atomic mass is 16.2. The smallest absolute Gasteiger partial charge is 0.104 e. The maximum atomic E-state index is 9.19. The molecule has 2 N–H and O–H groups in total. The van der Waals surface area contributed by atoms with Crippen molar-refractivity contribution in [1.29, 1.82) is 0 Å². The number of hydrogen-bond donors (Lipinski definition) is 2. The summed E-state index contributed by atoms with van der Waals surface area (Å²) in [4.78, 5) is 2.31. The quantitative estimate of drug-likeness (QED) is 0.405. The van der Waals surface area contributed by atoms with E-state index in [9.17, 15) is 5.11 Å². The monoisotopic (exact) mass is 398 g/mol. The Labute approximate surface area is 176 Å². The fourth-order valence-electron chi connectivity index (χ4n) is 3.27. The first-order valence-corrected chi connectivity index (χ1v) is 10.6. The Hall–Kier alpha value is -2.69. The minimum absolute atomic E-state index is 0.510. The molecule has 2 rings (SSSR count). The summed E-state index contributed by atoms with van der Waals surface area (Å²) in [7, 11) is 1.80. The zero-order valence-corrected chi connectivity index (χ0v) is 18.7. The number of aromatic nitrogens is 2. The molecule has 0 saturated heterocycles. The molecule has 2 aromatic rings. The van der Waals surface area contributed by atoms with E-state index in [0.29, 0.717) is 11.7 Å². The van der Waals surface area contributed by atoms with E-state index >= 15 is 0 Å². The number of aliphatic hydroxyl groups excluding tert-OH is 1. The molecule has 160 valence electrons. The molecule has 1 heterocycles. The molecule has 0 aliphatic heterocycles. The van der Waals surface area contributed by atoms with Crippen LogP contribution in [-0.2, 0) is 0 Å². The van der Waals surface area contributed by atoms with E-state index in [4.69, 9.17) is 0 Å². The topological polar surface area (TPSA) is 53.3 Å². The fraction of sp³-hybridized carbons (Fsp3) is 0.458. The molecule has 5 heteroatoms. The van der Waals surface area contributed by atoms with Crippen LogP contribution < -0.4 is 5.32 Å². The van der Waals surface area contributed by atoms with E-state index in [1.165, 1.54) is 12.0 Å². The Morgan fingerprint density at radius 2 is 1.93 bits per heavy atom. The number of hydrogen-bond acceptors (Lipinski definition) is 4.